The summed E-state index contributed by atoms with van der Waals surface area (Å²) in [5.41, 5.74) is 4.70. The maximum absolute atomic E-state index is 11.8. The molecule has 0 aromatic heterocycles. The van der Waals surface area contributed by atoms with Crippen molar-refractivity contribution in [3.05, 3.63) is 95.1 Å². The maximum Gasteiger partial charge on any atom is 0.335 e. The SMILES string of the molecule is C=C(C)C(=O)OC(C)OC(C)c1ccc(C(C)(C)c2ccc(C(C)OC(=O)C(=C)C)cc2)cc1. The van der Waals surface area contributed by atoms with E-state index in [1.807, 2.05) is 38.1 Å². The highest BCUT2D eigenvalue weighted by molar-refractivity contribution is 5.87. The second-order valence-corrected chi connectivity index (χ2v) is 9.23. The first-order valence-electron chi connectivity index (χ1n) is 11.4. The molecule has 2 aromatic carbocycles. The van der Waals surface area contributed by atoms with E-state index in [0.717, 1.165) is 22.3 Å². The van der Waals surface area contributed by atoms with Crippen LogP contribution >= 0.6 is 0 Å². The Labute approximate surface area is 203 Å². The number of hydrogen-bond acceptors (Lipinski definition) is 5. The maximum atomic E-state index is 11.8. The molecule has 0 heterocycles. The lowest BCUT2D eigenvalue weighted by atomic mass is 9.77. The Bertz CT molecular complexity index is 1030. The second kappa shape index (κ2) is 11.3. The molecule has 3 atom stereocenters. The van der Waals surface area contributed by atoms with Crippen molar-refractivity contribution in [2.75, 3.05) is 0 Å². The highest BCUT2D eigenvalue weighted by Gasteiger charge is 2.24. The molecule has 0 amide bonds. The molecule has 5 nitrogen and oxygen atoms in total. The fourth-order valence-corrected chi connectivity index (χ4v) is 3.48. The molecular weight excluding hydrogens is 428 g/mol. The Hall–Kier alpha value is -3.18. The first kappa shape index (κ1) is 27.1. The summed E-state index contributed by atoms with van der Waals surface area (Å²) in [4.78, 5) is 23.5. The molecular formula is C29H36O5. The van der Waals surface area contributed by atoms with Gasteiger partial charge in [-0.25, -0.2) is 9.59 Å². The van der Waals surface area contributed by atoms with Crippen LogP contribution in [0.25, 0.3) is 0 Å². The van der Waals surface area contributed by atoms with Crippen molar-refractivity contribution in [3.63, 3.8) is 0 Å². The molecule has 0 radical (unpaired) electrons. The molecule has 0 N–H and O–H groups in total. The highest BCUT2D eigenvalue weighted by Crippen LogP contribution is 2.33. The third-order valence-electron chi connectivity index (χ3n) is 5.85. The van der Waals surface area contributed by atoms with Gasteiger partial charge >= 0.3 is 11.9 Å². The van der Waals surface area contributed by atoms with Crippen LogP contribution in [0.3, 0.4) is 0 Å². The minimum absolute atomic E-state index is 0.233. The normalized spacial score (nSPS) is 14.0. The summed E-state index contributed by atoms with van der Waals surface area (Å²) in [5, 5.41) is 0. The van der Waals surface area contributed by atoms with E-state index in [-0.39, 0.29) is 17.6 Å². The molecule has 0 spiro atoms. The Kier molecular flexibility index (Phi) is 9.00. The van der Waals surface area contributed by atoms with Crippen LogP contribution in [0.15, 0.2) is 72.8 Å². The number of ether oxygens (including phenoxy) is 3. The molecule has 0 aliphatic heterocycles. The Morgan fingerprint density at radius 2 is 1.09 bits per heavy atom. The molecule has 182 valence electrons. The summed E-state index contributed by atoms with van der Waals surface area (Å²) in [6.45, 7) is 20.2. The number of esters is 2. The van der Waals surface area contributed by atoms with E-state index < -0.39 is 18.2 Å². The molecule has 0 fully saturated rings. The predicted octanol–water partition coefficient (Wildman–Crippen LogP) is 6.74. The van der Waals surface area contributed by atoms with Gasteiger partial charge in [-0.1, -0.05) is 75.5 Å². The van der Waals surface area contributed by atoms with Crippen LogP contribution in [-0.2, 0) is 29.2 Å². The van der Waals surface area contributed by atoms with E-state index in [9.17, 15) is 9.59 Å². The zero-order valence-corrected chi connectivity index (χ0v) is 21.3. The fourth-order valence-electron chi connectivity index (χ4n) is 3.48. The standard InChI is InChI=1S/C29H36O5/c1-18(2)27(30)33-21(6)24-12-16-26(17-13-24)29(8,9)25-14-10-23(11-15-25)20(5)32-22(7)34-28(31)19(3)4/h10-17,20-22H,1,3H2,2,4-9H3. The smallest absolute Gasteiger partial charge is 0.335 e. The van der Waals surface area contributed by atoms with Crippen molar-refractivity contribution in [3.8, 4) is 0 Å². The average molecular weight is 465 g/mol. The fraction of sp³-hybridized carbons (Fsp3) is 0.379. The van der Waals surface area contributed by atoms with Crippen molar-refractivity contribution < 1.29 is 23.8 Å². The Morgan fingerprint density at radius 3 is 1.50 bits per heavy atom. The number of carbonyl (C=O) groups excluding carboxylic acids is 2. The van der Waals surface area contributed by atoms with E-state index in [2.05, 4.69) is 51.3 Å². The monoisotopic (exact) mass is 464 g/mol. The number of carbonyl (C=O) groups is 2. The molecule has 2 aromatic rings. The molecule has 34 heavy (non-hydrogen) atoms. The van der Waals surface area contributed by atoms with Gasteiger partial charge in [0.05, 0.1) is 6.10 Å². The average Bonchev–Trinajstić information content (AvgIpc) is 2.78. The van der Waals surface area contributed by atoms with Crippen LogP contribution in [0.4, 0.5) is 0 Å². The van der Waals surface area contributed by atoms with Crippen molar-refractivity contribution >= 4 is 11.9 Å². The summed E-state index contributed by atoms with van der Waals surface area (Å²) in [7, 11) is 0. The van der Waals surface area contributed by atoms with Gasteiger partial charge in [0.25, 0.3) is 0 Å². The van der Waals surface area contributed by atoms with Crippen LogP contribution in [0.1, 0.15) is 82.9 Å². The molecule has 0 saturated carbocycles. The predicted molar refractivity (Wildman–Crippen MR) is 134 cm³/mol. The Morgan fingerprint density at radius 1 is 0.706 bits per heavy atom. The van der Waals surface area contributed by atoms with Crippen LogP contribution < -0.4 is 0 Å². The molecule has 3 unspecified atom stereocenters. The van der Waals surface area contributed by atoms with E-state index >= 15 is 0 Å². The molecule has 5 heteroatoms. The van der Waals surface area contributed by atoms with Crippen molar-refractivity contribution in [2.24, 2.45) is 0 Å². The molecule has 2 rings (SSSR count). The van der Waals surface area contributed by atoms with Gasteiger partial charge in [-0.15, -0.1) is 0 Å². The summed E-state index contributed by atoms with van der Waals surface area (Å²) in [6.07, 6.45) is -1.27. The zero-order valence-electron chi connectivity index (χ0n) is 21.3. The largest absolute Gasteiger partial charge is 0.454 e. The number of benzene rings is 2. The topological polar surface area (TPSA) is 61.8 Å². The summed E-state index contributed by atoms with van der Waals surface area (Å²) < 4.78 is 16.4. The van der Waals surface area contributed by atoms with Crippen molar-refractivity contribution in [2.45, 2.75) is 72.4 Å². The van der Waals surface area contributed by atoms with Gasteiger partial charge in [0.1, 0.15) is 6.10 Å². The van der Waals surface area contributed by atoms with Gasteiger partial charge < -0.3 is 14.2 Å². The summed E-state index contributed by atoms with van der Waals surface area (Å²) >= 11 is 0. The van der Waals surface area contributed by atoms with Gasteiger partial charge in [-0.05, 0) is 56.9 Å². The summed E-state index contributed by atoms with van der Waals surface area (Å²) in [6, 6.07) is 16.4. The number of rotatable bonds is 10. The van der Waals surface area contributed by atoms with E-state index in [1.54, 1.807) is 20.8 Å². The lowest BCUT2D eigenvalue weighted by molar-refractivity contribution is -0.179. The van der Waals surface area contributed by atoms with Crippen molar-refractivity contribution in [1.82, 2.24) is 0 Å². The van der Waals surface area contributed by atoms with Gasteiger partial charge in [0, 0.05) is 16.6 Å². The summed E-state index contributed by atoms with van der Waals surface area (Å²) in [5.74, 6) is -0.857. The Balaban J connectivity index is 2.09. The lowest BCUT2D eigenvalue weighted by Crippen LogP contribution is -2.21. The third kappa shape index (κ3) is 6.91. The first-order valence-corrected chi connectivity index (χ1v) is 11.4. The first-order chi connectivity index (χ1) is 15.8. The van der Waals surface area contributed by atoms with Gasteiger partial charge in [0.15, 0.2) is 0 Å². The van der Waals surface area contributed by atoms with Crippen LogP contribution in [-0.4, -0.2) is 18.2 Å². The minimum Gasteiger partial charge on any atom is -0.454 e. The molecule has 0 aliphatic carbocycles. The molecule has 0 saturated heterocycles. The number of hydrogen-bond donors (Lipinski definition) is 0. The van der Waals surface area contributed by atoms with Crippen LogP contribution in [0.5, 0.6) is 0 Å². The molecule has 0 aliphatic rings. The van der Waals surface area contributed by atoms with Gasteiger partial charge in [-0.2, -0.15) is 0 Å². The minimum atomic E-state index is -0.675. The molecule has 0 bridgehead atoms. The zero-order chi connectivity index (χ0) is 25.6. The van der Waals surface area contributed by atoms with Gasteiger partial charge in [-0.3, -0.25) is 0 Å². The van der Waals surface area contributed by atoms with E-state index in [0.29, 0.717) is 11.1 Å². The van der Waals surface area contributed by atoms with Crippen LogP contribution in [0, 0.1) is 0 Å². The van der Waals surface area contributed by atoms with Gasteiger partial charge in [0.2, 0.25) is 6.29 Å². The quantitative estimate of drug-likeness (QED) is 0.221. The van der Waals surface area contributed by atoms with Crippen molar-refractivity contribution in [1.29, 1.82) is 0 Å². The van der Waals surface area contributed by atoms with Crippen LogP contribution in [0.2, 0.25) is 0 Å². The highest BCUT2D eigenvalue weighted by atomic mass is 16.7. The van der Waals surface area contributed by atoms with E-state index in [4.69, 9.17) is 14.2 Å². The second-order valence-electron chi connectivity index (χ2n) is 9.23. The van der Waals surface area contributed by atoms with E-state index in [1.165, 1.54) is 0 Å². The lowest BCUT2D eigenvalue weighted by Gasteiger charge is -2.27. The third-order valence-corrected chi connectivity index (χ3v) is 5.85.